The molecule has 0 unspecified atom stereocenters. The molecule has 0 spiro atoms. The summed E-state index contributed by atoms with van der Waals surface area (Å²) >= 11 is 0. The first kappa shape index (κ1) is 15.4. The normalized spacial score (nSPS) is 17.8. The number of amides is 1. The van der Waals surface area contributed by atoms with Gasteiger partial charge in [0, 0.05) is 12.7 Å². The minimum atomic E-state index is -0.860. The van der Waals surface area contributed by atoms with E-state index in [1.807, 2.05) is 26.0 Å². The number of oxime groups is 1. The molecule has 3 N–H and O–H groups in total. The first-order valence-corrected chi connectivity index (χ1v) is 7.25. The SMILES string of the molecule is Cc1cc(C)cc(N(C)C(=O)C2(C(N)=NO)CCCC2)c1. The predicted octanol–water partition coefficient (Wildman–Crippen LogP) is 2.57. The summed E-state index contributed by atoms with van der Waals surface area (Å²) in [5.41, 5.74) is 8.04. The average molecular weight is 289 g/mol. The summed E-state index contributed by atoms with van der Waals surface area (Å²) in [5, 5.41) is 12.2. The molecule has 5 heteroatoms. The minimum Gasteiger partial charge on any atom is -0.409 e. The van der Waals surface area contributed by atoms with E-state index < -0.39 is 5.41 Å². The third kappa shape index (κ3) is 2.73. The molecule has 0 radical (unpaired) electrons. The summed E-state index contributed by atoms with van der Waals surface area (Å²) in [6.07, 6.45) is 3.11. The first-order chi connectivity index (χ1) is 9.90. The summed E-state index contributed by atoms with van der Waals surface area (Å²) in [5.74, 6) is -0.0680. The fraction of sp³-hybridized carbons (Fsp3) is 0.500. The van der Waals surface area contributed by atoms with Crippen LogP contribution in [0.4, 0.5) is 5.69 Å². The van der Waals surface area contributed by atoms with Crippen molar-refractivity contribution in [3.05, 3.63) is 29.3 Å². The van der Waals surface area contributed by atoms with Crippen molar-refractivity contribution in [3.63, 3.8) is 0 Å². The lowest BCUT2D eigenvalue weighted by atomic mass is 9.83. The molecular weight excluding hydrogens is 266 g/mol. The van der Waals surface area contributed by atoms with Gasteiger partial charge >= 0.3 is 0 Å². The Bertz CT molecular complexity index is 555. The van der Waals surface area contributed by atoms with E-state index >= 15 is 0 Å². The number of anilines is 1. The van der Waals surface area contributed by atoms with Crippen molar-refractivity contribution >= 4 is 17.4 Å². The van der Waals surface area contributed by atoms with E-state index in [9.17, 15) is 4.79 Å². The van der Waals surface area contributed by atoms with Gasteiger partial charge in [0.05, 0.1) is 0 Å². The van der Waals surface area contributed by atoms with Crippen LogP contribution < -0.4 is 10.6 Å². The molecule has 1 aromatic rings. The zero-order valence-electron chi connectivity index (χ0n) is 12.9. The van der Waals surface area contributed by atoms with Gasteiger partial charge in [-0.15, -0.1) is 0 Å². The molecular formula is C16H23N3O2. The van der Waals surface area contributed by atoms with Crippen molar-refractivity contribution in [3.8, 4) is 0 Å². The van der Waals surface area contributed by atoms with Gasteiger partial charge in [-0.25, -0.2) is 0 Å². The van der Waals surface area contributed by atoms with Crippen molar-refractivity contribution < 1.29 is 10.0 Å². The van der Waals surface area contributed by atoms with Gasteiger partial charge < -0.3 is 15.8 Å². The number of carbonyl (C=O) groups excluding carboxylic acids is 1. The van der Waals surface area contributed by atoms with Crippen LogP contribution in [0.2, 0.25) is 0 Å². The van der Waals surface area contributed by atoms with Crippen molar-refractivity contribution in [2.75, 3.05) is 11.9 Å². The van der Waals surface area contributed by atoms with Crippen LogP contribution >= 0.6 is 0 Å². The molecule has 2 rings (SSSR count). The number of nitrogens with two attached hydrogens (primary N) is 1. The van der Waals surface area contributed by atoms with Gasteiger partial charge in [-0.2, -0.15) is 0 Å². The van der Waals surface area contributed by atoms with Crippen molar-refractivity contribution in [2.45, 2.75) is 39.5 Å². The highest BCUT2D eigenvalue weighted by molar-refractivity contribution is 6.12. The average Bonchev–Trinajstić information content (AvgIpc) is 2.94. The molecule has 1 aromatic carbocycles. The summed E-state index contributed by atoms with van der Waals surface area (Å²) in [4.78, 5) is 14.6. The maximum absolute atomic E-state index is 12.9. The van der Waals surface area contributed by atoms with Gasteiger partial charge in [0.1, 0.15) is 5.41 Å². The van der Waals surface area contributed by atoms with Crippen LogP contribution in [0.3, 0.4) is 0 Å². The molecule has 5 nitrogen and oxygen atoms in total. The van der Waals surface area contributed by atoms with Crippen molar-refractivity contribution in [1.29, 1.82) is 0 Å². The van der Waals surface area contributed by atoms with Crippen molar-refractivity contribution in [2.24, 2.45) is 16.3 Å². The van der Waals surface area contributed by atoms with Crippen LogP contribution in [0.1, 0.15) is 36.8 Å². The van der Waals surface area contributed by atoms with Crippen LogP contribution in [0, 0.1) is 19.3 Å². The summed E-state index contributed by atoms with van der Waals surface area (Å²) in [6.45, 7) is 4.01. The lowest BCUT2D eigenvalue weighted by molar-refractivity contribution is -0.124. The Balaban J connectivity index is 2.37. The number of rotatable bonds is 3. The molecule has 0 aliphatic heterocycles. The molecule has 1 fully saturated rings. The molecule has 1 amide bonds. The molecule has 21 heavy (non-hydrogen) atoms. The smallest absolute Gasteiger partial charge is 0.240 e. The summed E-state index contributed by atoms with van der Waals surface area (Å²) in [7, 11) is 1.75. The van der Waals surface area contributed by atoms with Gasteiger partial charge in [-0.05, 0) is 49.9 Å². The Hall–Kier alpha value is -2.04. The number of nitrogens with zero attached hydrogens (tertiary/aromatic N) is 2. The van der Waals surface area contributed by atoms with E-state index in [-0.39, 0.29) is 11.7 Å². The predicted molar refractivity (Wildman–Crippen MR) is 83.6 cm³/mol. The quantitative estimate of drug-likeness (QED) is 0.388. The second-order valence-corrected chi connectivity index (χ2v) is 5.98. The molecule has 1 aliphatic carbocycles. The Morgan fingerprint density at radius 3 is 2.24 bits per heavy atom. The highest BCUT2D eigenvalue weighted by Crippen LogP contribution is 2.40. The van der Waals surface area contributed by atoms with Crippen LogP contribution in [-0.4, -0.2) is 24.0 Å². The standard InChI is InChI=1S/C16H23N3O2/c1-11-8-12(2)10-13(9-11)19(3)15(20)16(14(17)18-21)6-4-5-7-16/h8-10,21H,4-7H2,1-3H3,(H2,17,18). The monoisotopic (exact) mass is 289 g/mol. The third-order valence-corrected chi connectivity index (χ3v) is 4.36. The summed E-state index contributed by atoms with van der Waals surface area (Å²) < 4.78 is 0. The van der Waals surface area contributed by atoms with Gasteiger partial charge in [0.2, 0.25) is 5.91 Å². The van der Waals surface area contributed by atoms with E-state index in [2.05, 4.69) is 11.2 Å². The van der Waals surface area contributed by atoms with Gasteiger partial charge in [-0.1, -0.05) is 24.1 Å². The van der Waals surface area contributed by atoms with Crippen LogP contribution in [0.5, 0.6) is 0 Å². The first-order valence-electron chi connectivity index (χ1n) is 7.25. The van der Waals surface area contributed by atoms with Gasteiger partial charge in [0.25, 0.3) is 0 Å². The number of benzene rings is 1. The van der Waals surface area contributed by atoms with Crippen LogP contribution in [0.15, 0.2) is 23.4 Å². The van der Waals surface area contributed by atoms with Crippen molar-refractivity contribution in [1.82, 2.24) is 0 Å². The second kappa shape index (κ2) is 5.76. The largest absolute Gasteiger partial charge is 0.409 e. The highest BCUT2D eigenvalue weighted by Gasteiger charge is 2.47. The Morgan fingerprint density at radius 1 is 1.24 bits per heavy atom. The molecule has 0 heterocycles. The van der Waals surface area contributed by atoms with E-state index in [0.29, 0.717) is 12.8 Å². The number of hydrogen-bond acceptors (Lipinski definition) is 3. The molecule has 1 saturated carbocycles. The highest BCUT2D eigenvalue weighted by atomic mass is 16.4. The molecule has 0 saturated heterocycles. The van der Waals surface area contributed by atoms with Gasteiger partial charge in [-0.3, -0.25) is 4.79 Å². The zero-order chi connectivity index (χ0) is 15.6. The third-order valence-electron chi connectivity index (χ3n) is 4.36. The van der Waals surface area contributed by atoms with E-state index in [4.69, 9.17) is 10.9 Å². The topological polar surface area (TPSA) is 78.9 Å². The minimum absolute atomic E-state index is 0.0289. The van der Waals surface area contributed by atoms with Crippen LogP contribution in [-0.2, 0) is 4.79 Å². The Morgan fingerprint density at radius 2 is 1.76 bits per heavy atom. The maximum atomic E-state index is 12.9. The number of amidine groups is 1. The van der Waals surface area contributed by atoms with E-state index in [1.165, 1.54) is 0 Å². The molecule has 0 bridgehead atoms. The summed E-state index contributed by atoms with van der Waals surface area (Å²) in [6, 6.07) is 6.01. The van der Waals surface area contributed by atoms with E-state index in [0.717, 1.165) is 29.7 Å². The number of hydrogen-bond donors (Lipinski definition) is 2. The van der Waals surface area contributed by atoms with E-state index in [1.54, 1.807) is 11.9 Å². The maximum Gasteiger partial charge on any atom is 0.240 e. The van der Waals surface area contributed by atoms with Crippen LogP contribution in [0.25, 0.3) is 0 Å². The lowest BCUT2D eigenvalue weighted by Gasteiger charge is -2.31. The fourth-order valence-electron chi connectivity index (χ4n) is 3.24. The fourth-order valence-corrected chi connectivity index (χ4v) is 3.24. The lowest BCUT2D eigenvalue weighted by Crippen LogP contribution is -2.49. The number of aryl methyl sites for hydroxylation is 2. The second-order valence-electron chi connectivity index (χ2n) is 5.98. The molecule has 1 aliphatic rings. The molecule has 0 atom stereocenters. The molecule has 0 aromatic heterocycles. The Kier molecular flexibility index (Phi) is 4.21. The van der Waals surface area contributed by atoms with Gasteiger partial charge in [0.15, 0.2) is 5.84 Å². The Labute approximate surface area is 125 Å². The number of carbonyl (C=O) groups is 1. The molecule has 114 valence electrons. The zero-order valence-corrected chi connectivity index (χ0v) is 12.9.